The smallest absolute Gasteiger partial charge is 0.0625 e. The molecule has 2 rings (SSSR count). The van der Waals surface area contributed by atoms with Crippen molar-refractivity contribution in [3.8, 4) is 0 Å². The molecule has 4 heteroatoms. The van der Waals surface area contributed by atoms with Crippen molar-refractivity contribution in [2.75, 3.05) is 13.1 Å². The van der Waals surface area contributed by atoms with Crippen molar-refractivity contribution in [1.82, 2.24) is 20.0 Å². The lowest BCUT2D eigenvalue weighted by Gasteiger charge is -2.39. The molecule has 2 unspecified atom stereocenters. The van der Waals surface area contributed by atoms with Crippen LogP contribution in [0.25, 0.3) is 0 Å². The van der Waals surface area contributed by atoms with Crippen LogP contribution < -0.4 is 5.32 Å². The van der Waals surface area contributed by atoms with E-state index in [-0.39, 0.29) is 0 Å². The normalized spacial score (nSPS) is 24.5. The Morgan fingerprint density at radius 2 is 2.20 bits per heavy atom. The van der Waals surface area contributed by atoms with Crippen molar-refractivity contribution in [3.63, 3.8) is 0 Å². The molecule has 0 aromatic carbocycles. The van der Waals surface area contributed by atoms with Gasteiger partial charge >= 0.3 is 0 Å². The molecule has 2 atom stereocenters. The zero-order valence-electron chi connectivity index (χ0n) is 13.7. The fourth-order valence-corrected chi connectivity index (χ4v) is 3.04. The summed E-state index contributed by atoms with van der Waals surface area (Å²) < 4.78 is 2.05. The first kappa shape index (κ1) is 15.5. The van der Waals surface area contributed by atoms with E-state index in [0.29, 0.717) is 12.1 Å². The van der Waals surface area contributed by atoms with Gasteiger partial charge in [-0.3, -0.25) is 9.58 Å². The van der Waals surface area contributed by atoms with E-state index in [2.05, 4.69) is 56.1 Å². The van der Waals surface area contributed by atoms with E-state index < -0.39 is 0 Å². The number of hydrogen-bond acceptors (Lipinski definition) is 3. The van der Waals surface area contributed by atoms with Crippen molar-refractivity contribution in [1.29, 1.82) is 0 Å². The topological polar surface area (TPSA) is 33.1 Å². The van der Waals surface area contributed by atoms with Crippen LogP contribution in [0.5, 0.6) is 0 Å². The summed E-state index contributed by atoms with van der Waals surface area (Å²) in [6, 6.07) is 3.48. The van der Waals surface area contributed by atoms with E-state index in [0.717, 1.165) is 32.0 Å². The molecule has 0 radical (unpaired) electrons. The third-order valence-corrected chi connectivity index (χ3v) is 4.29. The van der Waals surface area contributed by atoms with Crippen LogP contribution in [0.1, 0.15) is 45.5 Å². The lowest BCUT2D eigenvalue weighted by atomic mass is 10.00. The van der Waals surface area contributed by atoms with Crippen LogP contribution in [0.15, 0.2) is 6.07 Å². The monoisotopic (exact) mass is 278 g/mol. The molecular weight excluding hydrogens is 248 g/mol. The predicted molar refractivity (Wildman–Crippen MR) is 83.7 cm³/mol. The maximum absolute atomic E-state index is 4.56. The van der Waals surface area contributed by atoms with Gasteiger partial charge in [0.15, 0.2) is 0 Å². The highest BCUT2D eigenvalue weighted by molar-refractivity contribution is 5.10. The first-order valence-electron chi connectivity index (χ1n) is 7.98. The third-order valence-electron chi connectivity index (χ3n) is 4.29. The van der Waals surface area contributed by atoms with Crippen LogP contribution in [0.3, 0.4) is 0 Å². The Labute approximate surface area is 123 Å². The molecule has 1 aromatic heterocycles. The molecule has 1 N–H and O–H groups in total. The molecule has 4 nitrogen and oxygen atoms in total. The molecule has 0 bridgehead atoms. The fourth-order valence-electron chi connectivity index (χ4n) is 3.04. The summed E-state index contributed by atoms with van der Waals surface area (Å²) >= 11 is 0. The minimum Gasteiger partial charge on any atom is -0.311 e. The highest BCUT2D eigenvalue weighted by Crippen LogP contribution is 2.16. The number of hydrogen-bond donors (Lipinski definition) is 1. The molecule has 20 heavy (non-hydrogen) atoms. The molecular formula is C16H30N4. The minimum absolute atomic E-state index is 0.596. The number of rotatable bonds is 5. The van der Waals surface area contributed by atoms with Gasteiger partial charge in [0.1, 0.15) is 0 Å². The average Bonchev–Trinajstić information content (AvgIpc) is 2.74. The molecule has 1 saturated heterocycles. The van der Waals surface area contributed by atoms with Crippen molar-refractivity contribution >= 4 is 0 Å². The van der Waals surface area contributed by atoms with Crippen molar-refractivity contribution in [3.05, 3.63) is 17.5 Å². The maximum Gasteiger partial charge on any atom is 0.0625 e. The second-order valence-corrected chi connectivity index (χ2v) is 6.62. The quantitative estimate of drug-likeness (QED) is 0.896. The Balaban J connectivity index is 2.00. The molecule has 1 aliphatic heterocycles. The van der Waals surface area contributed by atoms with E-state index in [1.807, 2.05) is 4.68 Å². The molecule has 0 saturated carbocycles. The standard InChI is InChI=1S/C16H30N4/c1-6-14-8-16(19(5)18-14)11-20-10-15(7-12(2)3)17-9-13(20)4/h8,12-13,15,17H,6-7,9-11H2,1-5H3. The Bertz CT molecular complexity index is 424. The molecule has 0 spiro atoms. The Kier molecular flexibility index (Phi) is 5.22. The van der Waals surface area contributed by atoms with Gasteiger partial charge in [0.05, 0.1) is 11.4 Å². The van der Waals surface area contributed by atoms with Gasteiger partial charge in [-0.15, -0.1) is 0 Å². The van der Waals surface area contributed by atoms with Crippen LogP contribution in [0.2, 0.25) is 0 Å². The van der Waals surface area contributed by atoms with Crippen LogP contribution >= 0.6 is 0 Å². The fraction of sp³-hybridized carbons (Fsp3) is 0.812. The summed E-state index contributed by atoms with van der Waals surface area (Å²) in [5.74, 6) is 0.756. The first-order valence-corrected chi connectivity index (χ1v) is 7.98. The number of nitrogens with zero attached hydrogens (tertiary/aromatic N) is 3. The molecule has 1 fully saturated rings. The lowest BCUT2D eigenvalue weighted by Crippen LogP contribution is -2.55. The number of aromatic nitrogens is 2. The largest absolute Gasteiger partial charge is 0.311 e. The van der Waals surface area contributed by atoms with Crippen LogP contribution in [-0.4, -0.2) is 39.9 Å². The van der Waals surface area contributed by atoms with E-state index in [9.17, 15) is 0 Å². The van der Waals surface area contributed by atoms with Crippen molar-refractivity contribution < 1.29 is 0 Å². The van der Waals surface area contributed by atoms with Crippen LogP contribution in [0.4, 0.5) is 0 Å². The van der Waals surface area contributed by atoms with Gasteiger partial charge in [-0.05, 0) is 31.7 Å². The summed E-state index contributed by atoms with van der Waals surface area (Å²) in [5, 5.41) is 8.24. The number of piperazine rings is 1. The van der Waals surface area contributed by atoms with Gasteiger partial charge in [0.2, 0.25) is 0 Å². The lowest BCUT2D eigenvalue weighted by molar-refractivity contribution is 0.122. The van der Waals surface area contributed by atoms with Gasteiger partial charge in [0.25, 0.3) is 0 Å². The average molecular weight is 278 g/mol. The SMILES string of the molecule is CCc1cc(CN2CC(CC(C)C)NCC2C)n(C)n1. The summed E-state index contributed by atoms with van der Waals surface area (Å²) in [6.45, 7) is 12.3. The highest BCUT2D eigenvalue weighted by Gasteiger charge is 2.26. The van der Waals surface area contributed by atoms with Crippen LogP contribution in [0, 0.1) is 5.92 Å². The van der Waals surface area contributed by atoms with Gasteiger partial charge in [-0.2, -0.15) is 5.10 Å². The molecule has 0 aliphatic carbocycles. The Hall–Kier alpha value is -0.870. The summed E-state index contributed by atoms with van der Waals surface area (Å²) in [4.78, 5) is 2.60. The summed E-state index contributed by atoms with van der Waals surface area (Å²) in [7, 11) is 2.06. The number of nitrogens with one attached hydrogen (secondary N) is 1. The summed E-state index contributed by atoms with van der Waals surface area (Å²) in [5.41, 5.74) is 2.53. The molecule has 1 aromatic rings. The van der Waals surface area contributed by atoms with Crippen molar-refractivity contribution in [2.24, 2.45) is 13.0 Å². The Morgan fingerprint density at radius 1 is 1.45 bits per heavy atom. The van der Waals surface area contributed by atoms with Gasteiger partial charge in [-0.1, -0.05) is 20.8 Å². The minimum atomic E-state index is 0.596. The second-order valence-electron chi connectivity index (χ2n) is 6.62. The maximum atomic E-state index is 4.56. The molecule has 114 valence electrons. The molecule has 1 aliphatic rings. The van der Waals surface area contributed by atoms with Crippen molar-refractivity contribution in [2.45, 2.75) is 59.2 Å². The van der Waals surface area contributed by atoms with E-state index in [1.54, 1.807) is 0 Å². The first-order chi connectivity index (χ1) is 9.49. The highest BCUT2D eigenvalue weighted by atomic mass is 15.3. The van der Waals surface area contributed by atoms with Gasteiger partial charge in [0, 0.05) is 38.8 Å². The van der Waals surface area contributed by atoms with Gasteiger partial charge in [-0.25, -0.2) is 0 Å². The molecule has 0 amide bonds. The second kappa shape index (κ2) is 6.72. The number of aryl methyl sites for hydroxylation is 2. The van der Waals surface area contributed by atoms with Gasteiger partial charge < -0.3 is 5.32 Å². The summed E-state index contributed by atoms with van der Waals surface area (Å²) in [6.07, 6.45) is 2.27. The van der Waals surface area contributed by atoms with E-state index in [1.165, 1.54) is 17.8 Å². The zero-order valence-corrected chi connectivity index (χ0v) is 13.7. The zero-order chi connectivity index (χ0) is 14.7. The van der Waals surface area contributed by atoms with E-state index >= 15 is 0 Å². The van der Waals surface area contributed by atoms with E-state index in [4.69, 9.17) is 0 Å². The molecule has 2 heterocycles. The predicted octanol–water partition coefficient (Wildman–Crippen LogP) is 2.19. The third kappa shape index (κ3) is 3.83. The Morgan fingerprint density at radius 3 is 2.80 bits per heavy atom. The van der Waals surface area contributed by atoms with Crippen LogP contribution in [-0.2, 0) is 20.0 Å².